The van der Waals surface area contributed by atoms with Gasteiger partial charge in [-0.05, 0) is 19.4 Å². The molecule has 2 aromatic rings. The van der Waals surface area contributed by atoms with E-state index in [4.69, 9.17) is 20.4 Å². The van der Waals surface area contributed by atoms with Crippen LogP contribution in [0.5, 0.6) is 0 Å². The average Bonchev–Trinajstić information content (AvgIpc) is 3.38. The van der Waals surface area contributed by atoms with Crippen molar-refractivity contribution < 1.29 is 4.74 Å². The average molecular weight is 368 g/mol. The molecule has 0 bridgehead atoms. The fourth-order valence-electron chi connectivity index (χ4n) is 4.13. The van der Waals surface area contributed by atoms with E-state index in [0.717, 1.165) is 68.6 Å². The van der Waals surface area contributed by atoms with Crippen molar-refractivity contribution in [3.63, 3.8) is 0 Å². The molecule has 9 heteroatoms. The number of rotatable bonds is 3. The molecule has 0 radical (unpaired) electrons. The molecule has 3 aliphatic heterocycles. The van der Waals surface area contributed by atoms with Gasteiger partial charge in [-0.2, -0.15) is 4.98 Å². The lowest BCUT2D eigenvalue weighted by Gasteiger charge is -2.29. The lowest BCUT2D eigenvalue weighted by molar-refractivity contribution is 0.122. The summed E-state index contributed by atoms with van der Waals surface area (Å²) in [5.74, 6) is 2.10. The maximum Gasteiger partial charge on any atom is 0.228 e. The first-order valence-corrected chi connectivity index (χ1v) is 9.58. The van der Waals surface area contributed by atoms with Crippen molar-refractivity contribution >= 4 is 17.7 Å². The molecule has 2 aromatic heterocycles. The van der Waals surface area contributed by atoms with Crippen molar-refractivity contribution in [3.05, 3.63) is 18.0 Å². The van der Waals surface area contributed by atoms with Crippen LogP contribution in [-0.4, -0.2) is 71.9 Å². The van der Waals surface area contributed by atoms with E-state index in [1.807, 2.05) is 0 Å². The number of nitrogen functional groups attached to an aromatic ring is 1. The van der Waals surface area contributed by atoms with E-state index < -0.39 is 0 Å². The van der Waals surface area contributed by atoms with E-state index in [1.54, 1.807) is 12.4 Å². The topological polar surface area (TPSA) is 105 Å². The Labute approximate surface area is 158 Å². The smallest absolute Gasteiger partial charge is 0.228 e. The predicted molar refractivity (Wildman–Crippen MR) is 103 cm³/mol. The van der Waals surface area contributed by atoms with Crippen LogP contribution in [0, 0.1) is 0 Å². The summed E-state index contributed by atoms with van der Waals surface area (Å²) in [5, 5.41) is 3.46. The van der Waals surface area contributed by atoms with Crippen molar-refractivity contribution in [2.75, 3.05) is 61.5 Å². The SMILES string of the molecule is Nc1ncc(-c2nc(N3CCOCC3)nc3c2CCN3[C@@H]2CCNC2)cn1. The largest absolute Gasteiger partial charge is 0.378 e. The molecule has 0 amide bonds. The van der Waals surface area contributed by atoms with Gasteiger partial charge in [-0.1, -0.05) is 0 Å². The first kappa shape index (κ1) is 16.6. The molecule has 0 saturated carbocycles. The van der Waals surface area contributed by atoms with Gasteiger partial charge in [-0.15, -0.1) is 0 Å². The number of aromatic nitrogens is 4. The molecule has 3 aliphatic rings. The molecule has 3 N–H and O–H groups in total. The molecule has 0 aromatic carbocycles. The van der Waals surface area contributed by atoms with Gasteiger partial charge in [0.2, 0.25) is 11.9 Å². The van der Waals surface area contributed by atoms with Crippen LogP contribution in [0.1, 0.15) is 12.0 Å². The van der Waals surface area contributed by atoms with Gasteiger partial charge in [0.05, 0.1) is 18.9 Å². The molecule has 142 valence electrons. The van der Waals surface area contributed by atoms with E-state index in [0.29, 0.717) is 19.3 Å². The zero-order valence-corrected chi connectivity index (χ0v) is 15.3. The second kappa shape index (κ2) is 6.90. The molecule has 9 nitrogen and oxygen atoms in total. The molecule has 1 atom stereocenters. The van der Waals surface area contributed by atoms with Crippen molar-refractivity contribution in [1.82, 2.24) is 25.3 Å². The maximum absolute atomic E-state index is 5.68. The van der Waals surface area contributed by atoms with Gasteiger partial charge in [-0.3, -0.25) is 0 Å². The Morgan fingerprint density at radius 3 is 2.67 bits per heavy atom. The van der Waals surface area contributed by atoms with Gasteiger partial charge < -0.3 is 25.6 Å². The van der Waals surface area contributed by atoms with Gasteiger partial charge in [-0.25, -0.2) is 15.0 Å². The first-order chi connectivity index (χ1) is 13.3. The molecule has 2 saturated heterocycles. The number of nitrogens with two attached hydrogens (primary N) is 1. The Morgan fingerprint density at radius 2 is 1.93 bits per heavy atom. The number of anilines is 3. The van der Waals surface area contributed by atoms with Crippen molar-refractivity contribution in [2.24, 2.45) is 0 Å². The van der Waals surface area contributed by atoms with E-state index >= 15 is 0 Å². The first-order valence-electron chi connectivity index (χ1n) is 9.58. The van der Waals surface area contributed by atoms with Crippen LogP contribution in [0.4, 0.5) is 17.7 Å². The summed E-state index contributed by atoms with van der Waals surface area (Å²) in [6.45, 7) is 6.08. The third-order valence-corrected chi connectivity index (χ3v) is 5.56. The fourth-order valence-corrected chi connectivity index (χ4v) is 4.13. The van der Waals surface area contributed by atoms with Gasteiger partial charge in [0.25, 0.3) is 0 Å². The van der Waals surface area contributed by atoms with Gasteiger partial charge >= 0.3 is 0 Å². The lowest BCUT2D eigenvalue weighted by Crippen LogP contribution is -2.38. The molecule has 5 rings (SSSR count). The van der Waals surface area contributed by atoms with Gasteiger partial charge in [0.15, 0.2) is 0 Å². The molecular formula is C18H24N8O. The van der Waals surface area contributed by atoms with E-state index in [9.17, 15) is 0 Å². The van der Waals surface area contributed by atoms with E-state index in [2.05, 4.69) is 25.1 Å². The molecule has 27 heavy (non-hydrogen) atoms. The highest BCUT2D eigenvalue weighted by Crippen LogP contribution is 2.37. The second-order valence-corrected chi connectivity index (χ2v) is 7.19. The summed E-state index contributed by atoms with van der Waals surface area (Å²) in [5.41, 5.74) is 8.68. The Balaban J connectivity index is 1.60. The van der Waals surface area contributed by atoms with Crippen molar-refractivity contribution in [2.45, 2.75) is 18.9 Å². The van der Waals surface area contributed by atoms with E-state index in [1.165, 1.54) is 5.56 Å². The monoisotopic (exact) mass is 368 g/mol. The summed E-state index contributed by atoms with van der Waals surface area (Å²) < 4.78 is 5.49. The highest BCUT2D eigenvalue weighted by atomic mass is 16.5. The number of nitrogens with zero attached hydrogens (tertiary/aromatic N) is 6. The van der Waals surface area contributed by atoms with Crippen LogP contribution in [0.15, 0.2) is 12.4 Å². The Morgan fingerprint density at radius 1 is 1.11 bits per heavy atom. The molecule has 0 spiro atoms. The number of fused-ring (bicyclic) bond motifs is 1. The third-order valence-electron chi connectivity index (χ3n) is 5.56. The zero-order valence-electron chi connectivity index (χ0n) is 15.3. The number of ether oxygens (including phenoxy) is 1. The molecule has 2 fully saturated rings. The van der Waals surface area contributed by atoms with Gasteiger partial charge in [0.1, 0.15) is 5.82 Å². The number of morpholine rings is 1. The third kappa shape index (κ3) is 3.06. The minimum Gasteiger partial charge on any atom is -0.378 e. The maximum atomic E-state index is 5.68. The standard InChI is InChI=1S/C18H24N8O/c19-17-21-9-12(10-22-17)15-14-2-4-26(13-1-3-20-11-13)16(14)24-18(23-15)25-5-7-27-8-6-25/h9-10,13,20H,1-8,11H2,(H2,19,21,22)/t13-/m1/s1. The quantitative estimate of drug-likeness (QED) is 0.779. The zero-order chi connectivity index (χ0) is 18.2. The molecule has 5 heterocycles. The normalized spacial score (nSPS) is 22.3. The summed E-state index contributed by atoms with van der Waals surface area (Å²) in [6.07, 6.45) is 5.60. The lowest BCUT2D eigenvalue weighted by atomic mass is 10.1. The number of hydrogen-bond donors (Lipinski definition) is 2. The van der Waals surface area contributed by atoms with Crippen LogP contribution in [0.2, 0.25) is 0 Å². The van der Waals surface area contributed by atoms with E-state index in [-0.39, 0.29) is 5.95 Å². The van der Waals surface area contributed by atoms with Gasteiger partial charge in [0, 0.05) is 55.7 Å². The molecule has 0 aliphatic carbocycles. The number of hydrogen-bond acceptors (Lipinski definition) is 9. The summed E-state index contributed by atoms with van der Waals surface area (Å²) in [7, 11) is 0. The van der Waals surface area contributed by atoms with Crippen LogP contribution < -0.4 is 20.9 Å². The highest BCUT2D eigenvalue weighted by Gasteiger charge is 2.33. The van der Waals surface area contributed by atoms with Crippen molar-refractivity contribution in [3.8, 4) is 11.3 Å². The Hall–Kier alpha value is -2.52. The van der Waals surface area contributed by atoms with Crippen LogP contribution in [0.25, 0.3) is 11.3 Å². The van der Waals surface area contributed by atoms with Crippen molar-refractivity contribution in [1.29, 1.82) is 0 Å². The van der Waals surface area contributed by atoms with Crippen LogP contribution >= 0.6 is 0 Å². The second-order valence-electron chi connectivity index (χ2n) is 7.19. The fraction of sp³-hybridized carbons (Fsp3) is 0.556. The Kier molecular flexibility index (Phi) is 4.25. The highest BCUT2D eigenvalue weighted by molar-refractivity contribution is 5.72. The van der Waals surface area contributed by atoms with Crippen LogP contribution in [0.3, 0.4) is 0 Å². The summed E-state index contributed by atoms with van der Waals surface area (Å²) >= 11 is 0. The minimum atomic E-state index is 0.275. The summed E-state index contributed by atoms with van der Waals surface area (Å²) in [6, 6.07) is 0.495. The van der Waals surface area contributed by atoms with Crippen LogP contribution in [-0.2, 0) is 11.2 Å². The molecule has 0 unspecified atom stereocenters. The summed E-state index contributed by atoms with van der Waals surface area (Å²) in [4.78, 5) is 22.9. The predicted octanol–water partition coefficient (Wildman–Crippen LogP) is 0.0768. The molecular weight excluding hydrogens is 344 g/mol. The minimum absolute atomic E-state index is 0.275. The Bertz CT molecular complexity index is 815. The number of nitrogens with one attached hydrogen (secondary N) is 1.